The number of benzene rings is 1. The minimum Gasteiger partial charge on any atom is -0.367 e. The van der Waals surface area contributed by atoms with Gasteiger partial charge in [0.1, 0.15) is 0 Å². The summed E-state index contributed by atoms with van der Waals surface area (Å²) in [6, 6.07) is 8.22. The summed E-state index contributed by atoms with van der Waals surface area (Å²) in [5, 5.41) is 14.8. The summed E-state index contributed by atoms with van der Waals surface area (Å²) in [6.07, 6.45) is 4.02. The number of aromatic nitrogens is 1. The number of aliphatic hydroxyl groups excluding tert-OH is 1. The number of aromatic amines is 1. The molecular weight excluding hydrogens is 368 g/mol. The summed E-state index contributed by atoms with van der Waals surface area (Å²) in [5.74, 6) is 0.0566. The van der Waals surface area contributed by atoms with Gasteiger partial charge >= 0.3 is 0 Å². The third-order valence-corrected chi connectivity index (χ3v) is 9.35. The Balaban J connectivity index is 1.54. The molecule has 154 valence electrons. The molecule has 2 heterocycles. The summed E-state index contributed by atoms with van der Waals surface area (Å²) >= 11 is 0. The van der Waals surface area contributed by atoms with Crippen molar-refractivity contribution in [3.05, 3.63) is 36.0 Å². The minimum atomic E-state index is -1.50. The lowest BCUT2D eigenvalue weighted by Crippen LogP contribution is -2.44. The number of fused-ring (bicyclic) bond motifs is 1. The maximum atomic E-state index is 12.5. The Bertz CT molecular complexity index is 813. The lowest BCUT2D eigenvalue weighted by atomic mass is 9.78. The molecule has 1 aromatic heterocycles. The number of rotatable bonds is 8. The van der Waals surface area contributed by atoms with Gasteiger partial charge in [-0.2, -0.15) is 0 Å². The van der Waals surface area contributed by atoms with Crippen LogP contribution in [-0.2, 0) is 16.0 Å². The van der Waals surface area contributed by atoms with E-state index < -0.39 is 14.4 Å². The number of amides is 1. The molecule has 1 amide bonds. The molecule has 3 N–H and O–H groups in total. The summed E-state index contributed by atoms with van der Waals surface area (Å²) in [6.45, 7) is 10.3. The van der Waals surface area contributed by atoms with Crippen molar-refractivity contribution in [3.63, 3.8) is 0 Å². The minimum absolute atomic E-state index is 0.0566. The van der Waals surface area contributed by atoms with E-state index in [2.05, 4.69) is 49.0 Å². The van der Waals surface area contributed by atoms with Gasteiger partial charge in [0, 0.05) is 35.5 Å². The van der Waals surface area contributed by atoms with Crippen molar-refractivity contribution >= 4 is 24.9 Å². The monoisotopic (exact) mass is 402 g/mol. The number of H-pyrrole nitrogens is 1. The molecular formula is C22H34N2O3Si. The number of hydrogen-bond acceptors (Lipinski definition) is 3. The quantitative estimate of drug-likeness (QED) is 0.583. The molecule has 1 aliphatic heterocycles. The first-order chi connectivity index (χ1) is 13.3. The van der Waals surface area contributed by atoms with Gasteiger partial charge in [0.25, 0.3) is 0 Å². The molecule has 2 aromatic rings. The standard InChI is InChI=1S/C22H34N2O3Si/c1-5-22(19(28(2,3)4)15-27-21(22)26)12-10-20(25)23-13-11-16-14-24-18-9-7-6-8-17(16)18/h6-9,14,19,21,24,26H,5,10-13,15H2,1-4H3,(H,23,25)/t19?,21?,22-/m0/s1. The molecule has 6 heteroatoms. The van der Waals surface area contributed by atoms with Crippen LogP contribution in [0.5, 0.6) is 0 Å². The highest BCUT2D eigenvalue weighted by atomic mass is 28.3. The summed E-state index contributed by atoms with van der Waals surface area (Å²) in [5.41, 5.74) is 2.43. The first-order valence-corrected chi connectivity index (χ1v) is 14.0. The van der Waals surface area contributed by atoms with Crippen LogP contribution in [0.3, 0.4) is 0 Å². The summed E-state index contributed by atoms with van der Waals surface area (Å²) in [7, 11) is -1.50. The largest absolute Gasteiger partial charge is 0.367 e. The number of carbonyl (C=O) groups is 1. The Kier molecular flexibility index (Phi) is 6.32. The van der Waals surface area contributed by atoms with Crippen LogP contribution in [0.15, 0.2) is 30.5 Å². The number of aliphatic hydroxyl groups is 1. The average Bonchev–Trinajstić information content (AvgIpc) is 3.21. The second-order valence-corrected chi connectivity index (χ2v) is 14.6. The van der Waals surface area contributed by atoms with Crippen LogP contribution in [0.1, 0.15) is 31.7 Å². The normalized spacial score (nSPS) is 25.3. The van der Waals surface area contributed by atoms with Crippen LogP contribution in [0.25, 0.3) is 10.9 Å². The molecule has 0 saturated carbocycles. The lowest BCUT2D eigenvalue weighted by molar-refractivity contribution is -0.129. The first-order valence-electron chi connectivity index (χ1n) is 10.4. The van der Waals surface area contributed by atoms with Crippen molar-refractivity contribution < 1.29 is 14.6 Å². The zero-order chi connectivity index (χ0) is 20.4. The number of para-hydroxylation sites is 1. The number of hydrogen-bond donors (Lipinski definition) is 3. The van der Waals surface area contributed by atoms with Gasteiger partial charge in [-0.1, -0.05) is 44.8 Å². The van der Waals surface area contributed by atoms with E-state index in [9.17, 15) is 9.90 Å². The van der Waals surface area contributed by atoms with Gasteiger partial charge < -0.3 is 20.1 Å². The molecule has 1 aromatic carbocycles. The van der Waals surface area contributed by atoms with Crippen molar-refractivity contribution in [1.82, 2.24) is 10.3 Å². The molecule has 1 saturated heterocycles. The number of nitrogens with one attached hydrogen (secondary N) is 2. The van der Waals surface area contributed by atoms with Crippen LogP contribution >= 0.6 is 0 Å². The van der Waals surface area contributed by atoms with Crippen molar-refractivity contribution in [3.8, 4) is 0 Å². The van der Waals surface area contributed by atoms with E-state index in [-0.39, 0.29) is 11.3 Å². The van der Waals surface area contributed by atoms with Crippen LogP contribution in [-0.4, -0.2) is 43.5 Å². The topological polar surface area (TPSA) is 74.4 Å². The fourth-order valence-corrected chi connectivity index (χ4v) is 7.62. The van der Waals surface area contributed by atoms with Gasteiger partial charge in [0.15, 0.2) is 6.29 Å². The molecule has 5 nitrogen and oxygen atoms in total. The molecule has 3 rings (SSSR count). The van der Waals surface area contributed by atoms with E-state index >= 15 is 0 Å². The predicted molar refractivity (Wildman–Crippen MR) is 116 cm³/mol. The highest BCUT2D eigenvalue weighted by molar-refractivity contribution is 6.77. The number of ether oxygens (including phenoxy) is 1. The summed E-state index contributed by atoms with van der Waals surface area (Å²) < 4.78 is 5.66. The highest BCUT2D eigenvalue weighted by Crippen LogP contribution is 2.53. The molecule has 28 heavy (non-hydrogen) atoms. The smallest absolute Gasteiger partial charge is 0.220 e. The van der Waals surface area contributed by atoms with Crippen LogP contribution < -0.4 is 5.32 Å². The van der Waals surface area contributed by atoms with Crippen molar-refractivity contribution in [2.24, 2.45) is 5.41 Å². The van der Waals surface area contributed by atoms with Gasteiger partial charge in [0.2, 0.25) is 5.91 Å². The maximum Gasteiger partial charge on any atom is 0.220 e. The average molecular weight is 403 g/mol. The van der Waals surface area contributed by atoms with Crippen LogP contribution in [0.2, 0.25) is 25.2 Å². The van der Waals surface area contributed by atoms with Crippen LogP contribution in [0, 0.1) is 5.41 Å². The Labute approximate surface area is 168 Å². The zero-order valence-corrected chi connectivity index (χ0v) is 18.5. The third-order valence-electron chi connectivity index (χ3n) is 6.52. The van der Waals surface area contributed by atoms with Gasteiger partial charge in [-0.25, -0.2) is 0 Å². The Hall–Kier alpha value is -1.63. The van der Waals surface area contributed by atoms with E-state index in [1.165, 1.54) is 10.9 Å². The molecule has 2 unspecified atom stereocenters. The summed E-state index contributed by atoms with van der Waals surface area (Å²) in [4.78, 5) is 15.8. The fourth-order valence-electron chi connectivity index (χ4n) is 4.81. The highest BCUT2D eigenvalue weighted by Gasteiger charge is 2.54. The predicted octanol–water partition coefficient (Wildman–Crippen LogP) is 4.06. The van der Waals surface area contributed by atoms with E-state index in [1.807, 2.05) is 18.3 Å². The van der Waals surface area contributed by atoms with E-state index in [0.717, 1.165) is 18.4 Å². The van der Waals surface area contributed by atoms with E-state index in [4.69, 9.17) is 4.74 Å². The van der Waals surface area contributed by atoms with Gasteiger partial charge in [-0.15, -0.1) is 0 Å². The maximum absolute atomic E-state index is 12.5. The fraction of sp³-hybridized carbons (Fsp3) is 0.591. The molecule has 1 fully saturated rings. The zero-order valence-electron chi connectivity index (χ0n) is 17.5. The molecule has 3 atom stereocenters. The SMILES string of the molecule is CC[C@@]1(CCC(=O)NCCc2c[nH]c3ccccc23)C(O)OCC1[Si](C)(C)C. The Morgan fingerprint density at radius 1 is 1.36 bits per heavy atom. The van der Waals surface area contributed by atoms with E-state index in [1.54, 1.807) is 0 Å². The van der Waals surface area contributed by atoms with E-state index in [0.29, 0.717) is 31.5 Å². The second kappa shape index (κ2) is 8.39. The van der Waals surface area contributed by atoms with Gasteiger partial charge in [0.05, 0.1) is 14.7 Å². The van der Waals surface area contributed by atoms with Crippen LogP contribution in [0.4, 0.5) is 0 Å². The molecule has 0 bridgehead atoms. The first kappa shape index (κ1) is 21.1. The molecule has 1 aliphatic rings. The molecule has 0 spiro atoms. The van der Waals surface area contributed by atoms with Gasteiger partial charge in [-0.05, 0) is 36.4 Å². The number of carbonyl (C=O) groups excluding carboxylic acids is 1. The van der Waals surface area contributed by atoms with Crippen molar-refractivity contribution in [2.75, 3.05) is 13.2 Å². The Morgan fingerprint density at radius 3 is 2.82 bits per heavy atom. The van der Waals surface area contributed by atoms with Crippen molar-refractivity contribution in [1.29, 1.82) is 0 Å². The lowest BCUT2D eigenvalue weighted by Gasteiger charge is -2.41. The molecule has 0 aliphatic carbocycles. The molecule has 0 radical (unpaired) electrons. The second-order valence-electron chi connectivity index (χ2n) is 9.15. The van der Waals surface area contributed by atoms with Gasteiger partial charge in [-0.3, -0.25) is 4.79 Å². The van der Waals surface area contributed by atoms with Crippen molar-refractivity contribution in [2.45, 2.75) is 64.1 Å². The Morgan fingerprint density at radius 2 is 2.11 bits per heavy atom. The third kappa shape index (κ3) is 4.19.